The van der Waals surface area contributed by atoms with Crippen molar-refractivity contribution in [3.05, 3.63) is 22.4 Å². The Kier molecular flexibility index (Phi) is 2.44. The van der Waals surface area contributed by atoms with Crippen LogP contribution in [0.15, 0.2) is 11.1 Å². The van der Waals surface area contributed by atoms with Crippen molar-refractivity contribution >= 4 is 11.0 Å². The van der Waals surface area contributed by atoms with Gasteiger partial charge in [-0.25, -0.2) is 4.98 Å². The summed E-state index contributed by atoms with van der Waals surface area (Å²) in [5, 5.41) is 29.3. The molecule has 1 saturated heterocycles. The molecule has 0 aliphatic carbocycles. The molecule has 3 rings (SSSR count). The van der Waals surface area contributed by atoms with Gasteiger partial charge in [-0.05, 0) is 6.92 Å². The predicted molar refractivity (Wildman–Crippen MR) is 61.9 cm³/mol. The molecule has 0 unspecified atom stereocenters. The lowest BCUT2D eigenvalue weighted by Gasteiger charge is -2.13. The fourth-order valence-corrected chi connectivity index (χ4v) is 2.31. The number of nitrogens with one attached hydrogen (secondary N) is 3. The van der Waals surface area contributed by atoms with Crippen LogP contribution in [0.1, 0.15) is 18.7 Å². The Bertz CT molecular complexity index is 636. The molecular weight excluding hydrogens is 238 g/mol. The van der Waals surface area contributed by atoms with E-state index in [0.717, 1.165) is 0 Å². The van der Waals surface area contributed by atoms with Crippen LogP contribution in [0.2, 0.25) is 0 Å². The molecule has 1 aliphatic rings. The Morgan fingerprint density at radius 1 is 1.28 bits per heavy atom. The first-order valence-electron chi connectivity index (χ1n) is 5.63. The third-order valence-electron chi connectivity index (χ3n) is 3.33. The number of hydrogen-bond acceptors (Lipinski definition) is 6. The highest BCUT2D eigenvalue weighted by molar-refractivity contribution is 5.76. The maximum Gasteiger partial charge on any atom is 0.279 e. The van der Waals surface area contributed by atoms with E-state index in [4.69, 9.17) is 0 Å². The van der Waals surface area contributed by atoms with Crippen molar-refractivity contribution in [2.24, 2.45) is 0 Å². The van der Waals surface area contributed by atoms with Crippen molar-refractivity contribution in [1.82, 2.24) is 25.5 Å². The lowest BCUT2D eigenvalue weighted by molar-refractivity contribution is 0.0297. The van der Waals surface area contributed by atoms with E-state index in [2.05, 4.69) is 25.5 Å². The van der Waals surface area contributed by atoms with E-state index in [9.17, 15) is 15.0 Å². The zero-order chi connectivity index (χ0) is 12.9. The molecule has 0 spiro atoms. The fourth-order valence-electron chi connectivity index (χ4n) is 2.31. The van der Waals surface area contributed by atoms with Crippen LogP contribution in [0.25, 0.3) is 11.0 Å². The molecule has 8 nitrogen and oxygen atoms in total. The van der Waals surface area contributed by atoms with Crippen molar-refractivity contribution in [2.45, 2.75) is 31.2 Å². The third kappa shape index (κ3) is 1.47. The van der Waals surface area contributed by atoms with Gasteiger partial charge in [-0.2, -0.15) is 5.10 Å². The standard InChI is InChI=1S/C10H13N5O3/c1-3-8(16)9(17)6(13-3)5-4-7(15-14-5)10(18)12-2-11-4/h2-3,6,8-9,13,16-17H,1H3,(H,14,15)(H,11,12,18)/t3-,6+,8+,9-/m1/s1. The second-order valence-electron chi connectivity index (χ2n) is 4.48. The summed E-state index contributed by atoms with van der Waals surface area (Å²) in [6.07, 6.45) is -0.551. The van der Waals surface area contributed by atoms with E-state index >= 15 is 0 Å². The number of H-pyrrole nitrogens is 2. The van der Waals surface area contributed by atoms with Crippen LogP contribution in [0.4, 0.5) is 0 Å². The Hall–Kier alpha value is -1.77. The van der Waals surface area contributed by atoms with Gasteiger partial charge in [0.25, 0.3) is 5.56 Å². The smallest absolute Gasteiger partial charge is 0.279 e. The van der Waals surface area contributed by atoms with E-state index in [-0.39, 0.29) is 17.1 Å². The second-order valence-corrected chi connectivity index (χ2v) is 4.48. The fraction of sp³-hybridized carbons (Fsp3) is 0.500. The van der Waals surface area contributed by atoms with E-state index in [1.165, 1.54) is 6.33 Å². The molecular formula is C10H13N5O3. The third-order valence-corrected chi connectivity index (χ3v) is 3.33. The molecule has 96 valence electrons. The van der Waals surface area contributed by atoms with E-state index in [1.54, 1.807) is 6.92 Å². The van der Waals surface area contributed by atoms with Gasteiger partial charge >= 0.3 is 0 Å². The van der Waals surface area contributed by atoms with Crippen LogP contribution >= 0.6 is 0 Å². The minimum absolute atomic E-state index is 0.190. The molecule has 0 bridgehead atoms. The molecule has 8 heteroatoms. The average Bonchev–Trinajstić information content (AvgIpc) is 2.88. The summed E-state index contributed by atoms with van der Waals surface area (Å²) in [5.41, 5.74) is 0.753. The van der Waals surface area contributed by atoms with Gasteiger partial charge in [-0.3, -0.25) is 9.89 Å². The average molecular weight is 251 g/mol. The number of nitrogens with zero attached hydrogens (tertiary/aromatic N) is 2. The van der Waals surface area contributed by atoms with Gasteiger partial charge in [0.2, 0.25) is 0 Å². The molecule has 2 aromatic heterocycles. The van der Waals surface area contributed by atoms with Gasteiger partial charge in [0.1, 0.15) is 11.6 Å². The maximum atomic E-state index is 11.5. The van der Waals surface area contributed by atoms with Crippen LogP contribution in [-0.4, -0.2) is 48.6 Å². The van der Waals surface area contributed by atoms with Crippen molar-refractivity contribution < 1.29 is 10.2 Å². The Morgan fingerprint density at radius 3 is 2.72 bits per heavy atom. The molecule has 2 aromatic rings. The van der Waals surface area contributed by atoms with Crippen LogP contribution in [0.5, 0.6) is 0 Å². The normalized spacial score (nSPS) is 32.2. The van der Waals surface area contributed by atoms with Crippen LogP contribution in [-0.2, 0) is 0 Å². The monoisotopic (exact) mass is 251 g/mol. The quantitative estimate of drug-likeness (QED) is 0.415. The molecule has 0 radical (unpaired) electrons. The number of aliphatic hydroxyl groups is 2. The first-order valence-corrected chi connectivity index (χ1v) is 5.63. The first kappa shape index (κ1) is 11.3. The Balaban J connectivity index is 2.11. The molecule has 0 amide bonds. The summed E-state index contributed by atoms with van der Waals surface area (Å²) in [6.45, 7) is 1.77. The number of hydrogen-bond donors (Lipinski definition) is 5. The Labute approximate surface area is 101 Å². The SMILES string of the molecule is C[C@H]1N[C@@H](c2[nH]nc3c(=O)[nH]cnc23)[C@@H](O)[C@H]1O. The van der Waals surface area contributed by atoms with Crippen molar-refractivity contribution in [3.8, 4) is 0 Å². The molecule has 5 N–H and O–H groups in total. The van der Waals surface area contributed by atoms with Gasteiger partial charge in [-0.15, -0.1) is 0 Å². The van der Waals surface area contributed by atoms with Gasteiger partial charge in [0.05, 0.1) is 24.2 Å². The molecule has 1 aliphatic heterocycles. The zero-order valence-corrected chi connectivity index (χ0v) is 9.58. The van der Waals surface area contributed by atoms with Gasteiger partial charge < -0.3 is 20.5 Å². The van der Waals surface area contributed by atoms with Gasteiger partial charge in [-0.1, -0.05) is 0 Å². The van der Waals surface area contributed by atoms with Crippen LogP contribution in [0.3, 0.4) is 0 Å². The van der Waals surface area contributed by atoms with Gasteiger partial charge in [0, 0.05) is 6.04 Å². The number of aliphatic hydroxyl groups excluding tert-OH is 2. The number of fused-ring (bicyclic) bond motifs is 1. The molecule has 1 fully saturated rings. The first-order chi connectivity index (χ1) is 8.59. The largest absolute Gasteiger partial charge is 0.389 e. The molecule has 0 saturated carbocycles. The van der Waals surface area contributed by atoms with Gasteiger partial charge in [0.15, 0.2) is 5.52 Å². The number of rotatable bonds is 1. The summed E-state index contributed by atoms with van der Waals surface area (Å²) in [6, 6.07) is -0.764. The van der Waals surface area contributed by atoms with Crippen molar-refractivity contribution in [3.63, 3.8) is 0 Å². The van der Waals surface area contributed by atoms with E-state index < -0.39 is 18.2 Å². The molecule has 3 heterocycles. The number of aromatic nitrogens is 4. The summed E-state index contributed by atoms with van der Waals surface area (Å²) in [7, 11) is 0. The van der Waals surface area contributed by atoms with E-state index in [1.807, 2.05) is 0 Å². The number of aromatic amines is 2. The van der Waals surface area contributed by atoms with E-state index in [0.29, 0.717) is 11.2 Å². The lowest BCUT2D eigenvalue weighted by Crippen LogP contribution is -2.29. The molecule has 18 heavy (non-hydrogen) atoms. The minimum Gasteiger partial charge on any atom is -0.389 e. The van der Waals surface area contributed by atoms with Crippen LogP contribution in [0, 0.1) is 0 Å². The van der Waals surface area contributed by atoms with Crippen LogP contribution < -0.4 is 10.9 Å². The predicted octanol–water partition coefficient (Wildman–Crippen LogP) is -1.60. The maximum absolute atomic E-state index is 11.5. The van der Waals surface area contributed by atoms with Crippen molar-refractivity contribution in [2.75, 3.05) is 0 Å². The second kappa shape index (κ2) is 3.87. The Morgan fingerprint density at radius 2 is 2.06 bits per heavy atom. The lowest BCUT2D eigenvalue weighted by atomic mass is 10.1. The minimum atomic E-state index is -0.968. The summed E-state index contributed by atoms with van der Waals surface area (Å²) in [5.74, 6) is 0. The summed E-state index contributed by atoms with van der Waals surface area (Å²) < 4.78 is 0. The summed E-state index contributed by atoms with van der Waals surface area (Å²) >= 11 is 0. The van der Waals surface area contributed by atoms with Crippen molar-refractivity contribution in [1.29, 1.82) is 0 Å². The topological polar surface area (TPSA) is 127 Å². The molecule has 0 aromatic carbocycles. The highest BCUT2D eigenvalue weighted by atomic mass is 16.3. The zero-order valence-electron chi connectivity index (χ0n) is 9.58. The summed E-state index contributed by atoms with van der Waals surface area (Å²) in [4.78, 5) is 18.0. The highest BCUT2D eigenvalue weighted by Gasteiger charge is 2.41. The highest BCUT2D eigenvalue weighted by Crippen LogP contribution is 2.28. The molecule has 4 atom stereocenters.